The van der Waals surface area contributed by atoms with E-state index < -0.39 is 10.0 Å². The van der Waals surface area contributed by atoms with Crippen LogP contribution in [0, 0.1) is 0 Å². The van der Waals surface area contributed by atoms with Crippen molar-refractivity contribution in [3.63, 3.8) is 0 Å². The van der Waals surface area contributed by atoms with Gasteiger partial charge < -0.3 is 4.90 Å². The molecule has 1 N–H and O–H groups in total. The van der Waals surface area contributed by atoms with Crippen LogP contribution in [0.25, 0.3) is 10.8 Å². The summed E-state index contributed by atoms with van der Waals surface area (Å²) in [6.07, 6.45) is 0. The molecule has 3 aromatic rings. The van der Waals surface area contributed by atoms with Gasteiger partial charge in [0.25, 0.3) is 5.91 Å². The van der Waals surface area contributed by atoms with Gasteiger partial charge in [0, 0.05) is 29.9 Å². The zero-order valence-corrected chi connectivity index (χ0v) is 14.4. The third kappa shape index (κ3) is 2.50. The van der Waals surface area contributed by atoms with E-state index in [1.165, 1.54) is 0 Å². The fourth-order valence-electron chi connectivity index (χ4n) is 3.20. The van der Waals surface area contributed by atoms with Crippen molar-refractivity contribution >= 4 is 32.4 Å². The number of carbonyl (C=O) groups excluding carboxylic acids is 1. The lowest BCUT2D eigenvalue weighted by Gasteiger charge is -2.13. The lowest BCUT2D eigenvalue weighted by molar-refractivity contribution is 0.0999. The molecule has 0 saturated heterocycles. The van der Waals surface area contributed by atoms with Crippen LogP contribution in [-0.4, -0.2) is 21.4 Å². The highest BCUT2D eigenvalue weighted by atomic mass is 32.2. The van der Waals surface area contributed by atoms with Gasteiger partial charge in [0.15, 0.2) is 0 Å². The van der Waals surface area contributed by atoms with Gasteiger partial charge >= 0.3 is 0 Å². The molecule has 0 fully saturated rings. The van der Waals surface area contributed by atoms with Crippen molar-refractivity contribution in [2.75, 3.05) is 11.9 Å². The Labute approximate surface area is 145 Å². The van der Waals surface area contributed by atoms with Gasteiger partial charge in [0.2, 0.25) is 10.0 Å². The molecule has 126 valence electrons. The minimum Gasteiger partial charge on any atom is -0.311 e. The van der Waals surface area contributed by atoms with E-state index in [9.17, 15) is 13.2 Å². The molecule has 1 heterocycles. The number of carbonyl (C=O) groups is 1. The molecule has 0 bridgehead atoms. The van der Waals surface area contributed by atoms with E-state index in [2.05, 4.69) is 4.72 Å². The Morgan fingerprint density at radius 1 is 0.960 bits per heavy atom. The van der Waals surface area contributed by atoms with Crippen molar-refractivity contribution in [1.29, 1.82) is 0 Å². The average molecular weight is 352 g/mol. The van der Waals surface area contributed by atoms with Gasteiger partial charge in [-0.2, -0.15) is 0 Å². The van der Waals surface area contributed by atoms with Gasteiger partial charge in [-0.1, -0.05) is 42.5 Å². The minimum atomic E-state index is -3.71. The lowest BCUT2D eigenvalue weighted by Crippen LogP contribution is -2.23. The first-order chi connectivity index (χ1) is 12.0. The molecule has 0 aliphatic carbocycles. The summed E-state index contributed by atoms with van der Waals surface area (Å²) < 4.78 is 28.3. The van der Waals surface area contributed by atoms with E-state index in [-0.39, 0.29) is 17.3 Å². The molecule has 4 rings (SSSR count). The SMILES string of the molecule is CN1C(=O)c2cccc3c(S(=O)(=O)NCc4ccccc4)ccc1c23. The van der Waals surface area contributed by atoms with Gasteiger partial charge in [-0.25, -0.2) is 13.1 Å². The standard InChI is InChI=1S/C19H16N2O3S/c1-21-16-10-11-17(14-8-5-9-15(18(14)16)19(21)22)25(23,24)20-12-13-6-3-2-4-7-13/h2-11,20H,12H2,1H3. The molecule has 0 unspecified atom stereocenters. The number of benzene rings is 3. The van der Waals surface area contributed by atoms with E-state index in [1.807, 2.05) is 30.3 Å². The average Bonchev–Trinajstić information content (AvgIpc) is 2.88. The van der Waals surface area contributed by atoms with Crippen molar-refractivity contribution < 1.29 is 13.2 Å². The van der Waals surface area contributed by atoms with E-state index in [0.29, 0.717) is 16.3 Å². The van der Waals surface area contributed by atoms with Gasteiger partial charge in [0.05, 0.1) is 10.6 Å². The third-order valence-corrected chi connectivity index (χ3v) is 5.93. The zero-order chi connectivity index (χ0) is 17.6. The lowest BCUT2D eigenvalue weighted by atomic mass is 10.1. The highest BCUT2D eigenvalue weighted by Gasteiger charge is 2.29. The van der Waals surface area contributed by atoms with Crippen LogP contribution >= 0.6 is 0 Å². The van der Waals surface area contributed by atoms with Gasteiger partial charge in [-0.15, -0.1) is 0 Å². The molecular formula is C19H16N2O3S. The number of rotatable bonds is 4. The van der Waals surface area contributed by atoms with Crippen LogP contribution in [-0.2, 0) is 16.6 Å². The maximum Gasteiger partial charge on any atom is 0.258 e. The molecule has 0 radical (unpaired) electrons. The summed E-state index contributed by atoms with van der Waals surface area (Å²) in [4.78, 5) is 14.0. The molecule has 25 heavy (non-hydrogen) atoms. The Hall–Kier alpha value is -2.70. The first kappa shape index (κ1) is 15.8. The molecule has 5 nitrogen and oxygen atoms in total. The number of nitrogens with one attached hydrogen (secondary N) is 1. The fourth-order valence-corrected chi connectivity index (χ4v) is 4.41. The molecule has 1 aliphatic heterocycles. The highest BCUT2D eigenvalue weighted by molar-refractivity contribution is 7.89. The third-order valence-electron chi connectivity index (χ3n) is 4.47. The van der Waals surface area contributed by atoms with Crippen LogP contribution in [0.2, 0.25) is 0 Å². The van der Waals surface area contributed by atoms with Crippen molar-refractivity contribution in [3.05, 3.63) is 71.8 Å². The number of amides is 1. The Balaban J connectivity index is 1.79. The Morgan fingerprint density at radius 2 is 1.72 bits per heavy atom. The van der Waals surface area contributed by atoms with Gasteiger partial charge in [-0.05, 0) is 23.8 Å². The molecule has 0 saturated carbocycles. The van der Waals surface area contributed by atoms with Crippen molar-refractivity contribution in [2.24, 2.45) is 0 Å². The molecule has 0 spiro atoms. The number of hydrogen-bond acceptors (Lipinski definition) is 3. The molecule has 0 atom stereocenters. The van der Waals surface area contributed by atoms with Gasteiger partial charge in [0.1, 0.15) is 0 Å². The zero-order valence-electron chi connectivity index (χ0n) is 13.6. The van der Waals surface area contributed by atoms with E-state index in [0.717, 1.165) is 11.3 Å². The molecule has 1 aliphatic rings. The Morgan fingerprint density at radius 3 is 2.48 bits per heavy atom. The molecule has 1 amide bonds. The van der Waals surface area contributed by atoms with Crippen LogP contribution in [0.4, 0.5) is 5.69 Å². The van der Waals surface area contributed by atoms with Crippen molar-refractivity contribution in [3.8, 4) is 0 Å². The summed E-state index contributed by atoms with van der Waals surface area (Å²) in [5.41, 5.74) is 2.15. The van der Waals surface area contributed by atoms with Crippen LogP contribution in [0.3, 0.4) is 0 Å². The monoisotopic (exact) mass is 352 g/mol. The summed E-state index contributed by atoms with van der Waals surface area (Å²) in [5, 5.41) is 1.26. The Kier molecular flexibility index (Phi) is 3.59. The first-order valence-electron chi connectivity index (χ1n) is 7.86. The molecule has 6 heteroatoms. The second-order valence-electron chi connectivity index (χ2n) is 5.99. The van der Waals surface area contributed by atoms with E-state index in [1.54, 1.807) is 42.3 Å². The smallest absolute Gasteiger partial charge is 0.258 e. The maximum absolute atomic E-state index is 12.8. The number of hydrogen-bond donors (Lipinski definition) is 1. The van der Waals surface area contributed by atoms with Crippen LogP contribution in [0.1, 0.15) is 15.9 Å². The van der Waals surface area contributed by atoms with Crippen molar-refractivity contribution in [1.82, 2.24) is 4.72 Å². The van der Waals surface area contributed by atoms with Crippen LogP contribution < -0.4 is 9.62 Å². The number of nitrogens with zero attached hydrogens (tertiary/aromatic N) is 1. The van der Waals surface area contributed by atoms with Gasteiger partial charge in [-0.3, -0.25) is 4.79 Å². The predicted molar refractivity (Wildman–Crippen MR) is 97.1 cm³/mol. The van der Waals surface area contributed by atoms with Crippen LogP contribution in [0.5, 0.6) is 0 Å². The van der Waals surface area contributed by atoms with E-state index >= 15 is 0 Å². The second kappa shape index (κ2) is 5.68. The summed E-state index contributed by atoms with van der Waals surface area (Å²) in [7, 11) is -2.01. The topological polar surface area (TPSA) is 66.5 Å². The van der Waals surface area contributed by atoms with Crippen LogP contribution in [0.15, 0.2) is 65.6 Å². The molecule has 3 aromatic carbocycles. The summed E-state index contributed by atoms with van der Waals surface area (Å²) in [6, 6.07) is 17.8. The first-order valence-corrected chi connectivity index (χ1v) is 9.35. The maximum atomic E-state index is 12.8. The predicted octanol–water partition coefficient (Wildman–Crippen LogP) is 2.91. The quantitative estimate of drug-likeness (QED) is 0.785. The normalized spacial score (nSPS) is 13.6. The highest BCUT2D eigenvalue weighted by Crippen LogP contribution is 2.39. The molecule has 0 aromatic heterocycles. The number of sulfonamides is 1. The summed E-state index contributed by atoms with van der Waals surface area (Å²) >= 11 is 0. The molecular weight excluding hydrogens is 336 g/mol. The largest absolute Gasteiger partial charge is 0.311 e. The Bertz CT molecular complexity index is 1090. The van der Waals surface area contributed by atoms with E-state index in [4.69, 9.17) is 0 Å². The van der Waals surface area contributed by atoms with Crippen molar-refractivity contribution in [2.45, 2.75) is 11.4 Å². The number of anilines is 1. The summed E-state index contributed by atoms with van der Waals surface area (Å²) in [5.74, 6) is -0.118. The minimum absolute atomic E-state index is 0.118. The summed E-state index contributed by atoms with van der Waals surface area (Å²) in [6.45, 7) is 0.213. The fraction of sp³-hybridized carbons (Fsp3) is 0.105. The second-order valence-corrected chi connectivity index (χ2v) is 7.72.